The largest absolute Gasteiger partial charge is 0.272 e. The van der Waals surface area contributed by atoms with Gasteiger partial charge in [-0.3, -0.25) is 4.79 Å². The van der Waals surface area contributed by atoms with Gasteiger partial charge in [0.05, 0.1) is 11.6 Å². The van der Waals surface area contributed by atoms with Gasteiger partial charge in [0, 0.05) is 5.02 Å². The minimum atomic E-state index is -0.155. The molecule has 0 aromatic heterocycles. The molecule has 1 aromatic carbocycles. The summed E-state index contributed by atoms with van der Waals surface area (Å²) < 4.78 is 0. The van der Waals surface area contributed by atoms with E-state index in [1.165, 1.54) is 0 Å². The topological polar surface area (TPSA) is 46.3 Å². The summed E-state index contributed by atoms with van der Waals surface area (Å²) in [7, 11) is 0. The van der Waals surface area contributed by atoms with E-state index in [1.54, 1.807) is 12.1 Å². The Morgan fingerprint density at radius 2 is 2.23 bits per heavy atom. The fourth-order valence-corrected chi connectivity index (χ4v) is 1.72. The van der Waals surface area contributed by atoms with Crippen molar-refractivity contribution in [2.45, 2.75) is 12.8 Å². The van der Waals surface area contributed by atoms with E-state index in [0.29, 0.717) is 10.7 Å². The van der Waals surface area contributed by atoms with Crippen molar-refractivity contribution in [3.05, 3.63) is 28.8 Å². The Morgan fingerprint density at radius 1 is 1.54 bits per heavy atom. The van der Waals surface area contributed by atoms with E-state index in [2.05, 4.69) is 0 Å². The van der Waals surface area contributed by atoms with Crippen LogP contribution in [0, 0.1) is 0 Å². The molecule has 1 aliphatic heterocycles. The van der Waals surface area contributed by atoms with Crippen LogP contribution < -0.4 is 10.9 Å². The van der Waals surface area contributed by atoms with Gasteiger partial charge in [-0.05, 0) is 24.6 Å². The second kappa shape index (κ2) is 2.72. The van der Waals surface area contributed by atoms with Crippen LogP contribution in [0.2, 0.25) is 5.02 Å². The highest BCUT2D eigenvalue weighted by Gasteiger charge is 2.32. The molecule has 3 nitrogen and oxygen atoms in total. The van der Waals surface area contributed by atoms with Crippen molar-refractivity contribution in [1.29, 1.82) is 0 Å². The van der Waals surface area contributed by atoms with Crippen LogP contribution in [0.3, 0.4) is 0 Å². The van der Waals surface area contributed by atoms with Crippen LogP contribution in [-0.4, -0.2) is 5.91 Å². The number of benzene rings is 1. The van der Waals surface area contributed by atoms with E-state index < -0.39 is 0 Å². The third-order valence-electron chi connectivity index (χ3n) is 2.33. The Kier molecular flexibility index (Phi) is 1.78. The summed E-state index contributed by atoms with van der Waals surface area (Å²) in [5.41, 5.74) is 1.65. The van der Waals surface area contributed by atoms with Gasteiger partial charge in [0.25, 0.3) is 0 Å². The Bertz CT molecular complexity index is 378. The summed E-state index contributed by atoms with van der Waals surface area (Å²) in [4.78, 5) is 11.4. The number of amides is 1. The second-order valence-corrected chi connectivity index (χ2v) is 3.57. The Balaban J connectivity index is 2.60. The summed E-state index contributed by atoms with van der Waals surface area (Å²) in [6.07, 6.45) is 0. The molecule has 0 saturated carbocycles. The molecule has 0 bridgehead atoms. The molecule has 1 atom stereocenters. The summed E-state index contributed by atoms with van der Waals surface area (Å²) in [5.74, 6) is 5.33. The quantitative estimate of drug-likeness (QED) is 0.507. The molecule has 1 amide bonds. The molecule has 1 aromatic rings. The van der Waals surface area contributed by atoms with Gasteiger partial charge in [-0.25, -0.2) is 10.9 Å². The van der Waals surface area contributed by atoms with Crippen LogP contribution in [0.1, 0.15) is 18.4 Å². The monoisotopic (exact) mass is 196 g/mol. The molecule has 4 heteroatoms. The standard InChI is InChI=1S/C9H9ClN2O/c1-5-7-3-2-6(10)4-8(7)12(11)9(5)13/h2-5H,11H2,1H3. The van der Waals surface area contributed by atoms with Crippen LogP contribution >= 0.6 is 11.6 Å². The summed E-state index contributed by atoms with van der Waals surface area (Å²) in [5, 5.41) is 1.75. The molecule has 0 fully saturated rings. The van der Waals surface area contributed by atoms with Crippen LogP contribution in [0.5, 0.6) is 0 Å². The Hall–Kier alpha value is -1.06. The van der Waals surface area contributed by atoms with E-state index >= 15 is 0 Å². The lowest BCUT2D eigenvalue weighted by Crippen LogP contribution is -2.34. The number of hydrazine groups is 1. The molecule has 13 heavy (non-hydrogen) atoms. The predicted octanol–water partition coefficient (Wildman–Crippen LogP) is 1.66. The maximum atomic E-state index is 11.4. The van der Waals surface area contributed by atoms with Crippen molar-refractivity contribution in [2.75, 3.05) is 5.01 Å². The van der Waals surface area contributed by atoms with Crippen LogP contribution in [0.4, 0.5) is 5.69 Å². The zero-order valence-corrected chi connectivity index (χ0v) is 7.88. The first-order chi connectivity index (χ1) is 6.11. The summed E-state index contributed by atoms with van der Waals surface area (Å²) in [6, 6.07) is 5.31. The van der Waals surface area contributed by atoms with E-state index in [9.17, 15) is 4.79 Å². The molecule has 68 valence electrons. The van der Waals surface area contributed by atoms with Crippen molar-refractivity contribution in [3.8, 4) is 0 Å². The van der Waals surface area contributed by atoms with E-state index in [1.807, 2.05) is 13.0 Å². The zero-order chi connectivity index (χ0) is 9.59. The maximum Gasteiger partial charge on any atom is 0.248 e. The summed E-state index contributed by atoms with van der Waals surface area (Å²) in [6.45, 7) is 1.84. The average Bonchev–Trinajstić information content (AvgIpc) is 2.32. The van der Waals surface area contributed by atoms with Crippen molar-refractivity contribution in [3.63, 3.8) is 0 Å². The van der Waals surface area contributed by atoms with Gasteiger partial charge < -0.3 is 0 Å². The second-order valence-electron chi connectivity index (χ2n) is 3.13. The fourth-order valence-electron chi connectivity index (χ4n) is 1.55. The number of carbonyl (C=O) groups is 1. The number of hydrogen-bond acceptors (Lipinski definition) is 2. The van der Waals surface area contributed by atoms with E-state index in [-0.39, 0.29) is 11.8 Å². The number of anilines is 1. The molecular formula is C9H9ClN2O. The third kappa shape index (κ3) is 1.12. The molecule has 0 aliphatic carbocycles. The van der Waals surface area contributed by atoms with Gasteiger partial charge in [0.1, 0.15) is 0 Å². The average molecular weight is 197 g/mol. The molecule has 1 unspecified atom stereocenters. The smallest absolute Gasteiger partial charge is 0.248 e. The van der Waals surface area contributed by atoms with Crippen LogP contribution in [0.15, 0.2) is 18.2 Å². The highest BCUT2D eigenvalue weighted by Crippen LogP contribution is 2.36. The molecule has 0 saturated heterocycles. The number of carbonyl (C=O) groups excluding carboxylic acids is 1. The first kappa shape index (κ1) is 8.53. The number of hydrogen-bond donors (Lipinski definition) is 1. The number of halogens is 1. The lowest BCUT2D eigenvalue weighted by molar-refractivity contribution is -0.119. The molecule has 0 radical (unpaired) electrons. The predicted molar refractivity (Wildman–Crippen MR) is 51.5 cm³/mol. The normalized spacial score (nSPS) is 20.7. The first-order valence-corrected chi connectivity index (χ1v) is 4.37. The van der Waals surface area contributed by atoms with Gasteiger partial charge in [0.2, 0.25) is 5.91 Å². The Morgan fingerprint density at radius 3 is 2.92 bits per heavy atom. The van der Waals surface area contributed by atoms with Gasteiger partial charge in [-0.2, -0.15) is 0 Å². The van der Waals surface area contributed by atoms with Crippen LogP contribution in [0.25, 0.3) is 0 Å². The van der Waals surface area contributed by atoms with Gasteiger partial charge in [0.15, 0.2) is 0 Å². The van der Waals surface area contributed by atoms with Gasteiger partial charge in [-0.1, -0.05) is 17.7 Å². The molecular weight excluding hydrogens is 188 g/mol. The fraction of sp³-hybridized carbons (Fsp3) is 0.222. The van der Waals surface area contributed by atoms with Gasteiger partial charge >= 0.3 is 0 Å². The van der Waals surface area contributed by atoms with E-state index in [4.69, 9.17) is 17.4 Å². The zero-order valence-electron chi connectivity index (χ0n) is 7.12. The molecule has 1 heterocycles. The molecule has 0 spiro atoms. The number of rotatable bonds is 0. The number of fused-ring (bicyclic) bond motifs is 1. The van der Waals surface area contributed by atoms with E-state index in [0.717, 1.165) is 10.6 Å². The Labute approximate surface area is 81.1 Å². The van der Waals surface area contributed by atoms with Gasteiger partial charge in [-0.15, -0.1) is 0 Å². The minimum absolute atomic E-state index is 0.0859. The number of nitrogens with zero attached hydrogens (tertiary/aromatic N) is 1. The number of nitrogens with two attached hydrogens (primary N) is 1. The highest BCUT2D eigenvalue weighted by atomic mass is 35.5. The molecule has 1 aliphatic rings. The minimum Gasteiger partial charge on any atom is -0.272 e. The molecule has 2 rings (SSSR count). The highest BCUT2D eigenvalue weighted by molar-refractivity contribution is 6.31. The third-order valence-corrected chi connectivity index (χ3v) is 2.56. The van der Waals surface area contributed by atoms with Crippen molar-refractivity contribution < 1.29 is 4.79 Å². The molecule has 2 N–H and O–H groups in total. The summed E-state index contributed by atoms with van der Waals surface area (Å²) >= 11 is 5.79. The SMILES string of the molecule is CC1C(=O)N(N)c2cc(Cl)ccc21. The maximum absolute atomic E-state index is 11.4. The van der Waals surface area contributed by atoms with Crippen molar-refractivity contribution in [2.24, 2.45) is 5.84 Å². The lowest BCUT2D eigenvalue weighted by Gasteiger charge is -2.08. The van der Waals surface area contributed by atoms with Crippen LogP contribution in [-0.2, 0) is 4.79 Å². The van der Waals surface area contributed by atoms with Crippen molar-refractivity contribution >= 4 is 23.2 Å². The first-order valence-electron chi connectivity index (χ1n) is 3.99. The lowest BCUT2D eigenvalue weighted by atomic mass is 10.0. The van der Waals surface area contributed by atoms with Crippen molar-refractivity contribution in [1.82, 2.24) is 0 Å².